The van der Waals surface area contributed by atoms with Crippen molar-refractivity contribution in [2.24, 2.45) is 0 Å². The van der Waals surface area contributed by atoms with Crippen molar-refractivity contribution >= 4 is 11.5 Å². The normalized spacial score (nSPS) is 27.8. The Hall–Kier alpha value is -1.89. The number of hydrogen-bond donors (Lipinski definition) is 2. The first-order chi connectivity index (χ1) is 8.58. The van der Waals surface area contributed by atoms with Crippen molar-refractivity contribution in [1.82, 2.24) is 19.6 Å². The van der Waals surface area contributed by atoms with Gasteiger partial charge in [-0.3, -0.25) is 0 Å². The summed E-state index contributed by atoms with van der Waals surface area (Å²) in [6, 6.07) is 1.74. The smallest absolute Gasteiger partial charge is 0.348 e. The van der Waals surface area contributed by atoms with Crippen LogP contribution in [-0.4, -0.2) is 37.8 Å². The van der Waals surface area contributed by atoms with Crippen molar-refractivity contribution in [3.63, 3.8) is 0 Å². The van der Waals surface area contributed by atoms with Crippen LogP contribution in [0.2, 0.25) is 0 Å². The zero-order chi connectivity index (χ0) is 12.8. The minimum absolute atomic E-state index is 0.122. The summed E-state index contributed by atoms with van der Waals surface area (Å²) in [6.07, 6.45) is 2.51. The second-order valence-electron chi connectivity index (χ2n) is 4.84. The van der Waals surface area contributed by atoms with E-state index >= 15 is 0 Å². The molecule has 0 spiro atoms. The minimum Gasteiger partial charge on any atom is -0.376 e. The maximum Gasteiger partial charge on any atom is 0.348 e. The first-order valence-electron chi connectivity index (χ1n) is 5.91. The van der Waals surface area contributed by atoms with E-state index in [-0.39, 0.29) is 17.3 Å². The van der Waals surface area contributed by atoms with Gasteiger partial charge in [-0.2, -0.15) is 5.10 Å². The molecule has 2 unspecified atom stereocenters. The largest absolute Gasteiger partial charge is 0.376 e. The molecule has 0 bridgehead atoms. The van der Waals surface area contributed by atoms with Crippen molar-refractivity contribution in [2.75, 3.05) is 11.9 Å². The topological polar surface area (TPSA) is 84.3 Å². The Morgan fingerprint density at radius 1 is 1.67 bits per heavy atom. The fourth-order valence-electron chi connectivity index (χ4n) is 2.17. The van der Waals surface area contributed by atoms with Crippen LogP contribution < -0.4 is 11.0 Å². The summed E-state index contributed by atoms with van der Waals surface area (Å²) in [5, 5.41) is 9.65. The van der Waals surface area contributed by atoms with Crippen LogP contribution in [0.1, 0.15) is 20.3 Å². The summed E-state index contributed by atoms with van der Waals surface area (Å²) in [6.45, 7) is 4.89. The molecule has 96 valence electrons. The zero-order valence-corrected chi connectivity index (χ0v) is 10.3. The Morgan fingerprint density at radius 3 is 3.22 bits per heavy atom. The average molecular weight is 249 g/mol. The van der Waals surface area contributed by atoms with E-state index in [0.717, 1.165) is 13.0 Å². The Balaban J connectivity index is 1.93. The molecule has 1 saturated heterocycles. The molecule has 0 radical (unpaired) electrons. The maximum atomic E-state index is 11.3. The fraction of sp³-hybridized carbons (Fsp3) is 0.545. The van der Waals surface area contributed by atoms with Gasteiger partial charge in [0.25, 0.3) is 0 Å². The van der Waals surface area contributed by atoms with Gasteiger partial charge in [-0.25, -0.2) is 19.3 Å². The molecule has 1 aliphatic heterocycles. The number of nitrogens with one attached hydrogen (secondary N) is 2. The molecule has 0 amide bonds. The Labute approximate surface area is 103 Å². The summed E-state index contributed by atoms with van der Waals surface area (Å²) in [7, 11) is 0. The molecule has 2 atom stereocenters. The second-order valence-corrected chi connectivity index (χ2v) is 4.84. The molecule has 2 aromatic rings. The van der Waals surface area contributed by atoms with Gasteiger partial charge in [-0.05, 0) is 20.3 Å². The first-order valence-corrected chi connectivity index (χ1v) is 5.91. The van der Waals surface area contributed by atoms with Gasteiger partial charge in [-0.15, -0.1) is 0 Å². The molecule has 0 aromatic carbocycles. The minimum atomic E-state index is -0.284. The van der Waals surface area contributed by atoms with Gasteiger partial charge >= 0.3 is 5.69 Å². The van der Waals surface area contributed by atoms with E-state index in [1.165, 1.54) is 10.7 Å². The predicted molar refractivity (Wildman–Crippen MR) is 65.7 cm³/mol. The van der Waals surface area contributed by atoms with Crippen molar-refractivity contribution in [3.8, 4) is 0 Å². The highest BCUT2D eigenvalue weighted by atomic mass is 16.5. The highest BCUT2D eigenvalue weighted by Gasteiger charge is 2.37. The van der Waals surface area contributed by atoms with E-state index in [1.807, 2.05) is 6.92 Å². The second kappa shape index (κ2) is 3.81. The van der Waals surface area contributed by atoms with Gasteiger partial charge in [0.2, 0.25) is 0 Å². The van der Waals surface area contributed by atoms with Crippen LogP contribution in [0.5, 0.6) is 0 Å². The Morgan fingerprint density at radius 2 is 2.50 bits per heavy atom. The number of nitrogens with zero attached hydrogens (tertiary/aromatic N) is 3. The van der Waals surface area contributed by atoms with Crippen molar-refractivity contribution in [1.29, 1.82) is 0 Å². The van der Waals surface area contributed by atoms with Crippen LogP contribution in [0.3, 0.4) is 0 Å². The predicted octanol–water partition coefficient (Wildman–Crippen LogP) is 0.397. The molecule has 0 aliphatic carbocycles. The Bertz CT molecular complexity index is 634. The first kappa shape index (κ1) is 11.2. The van der Waals surface area contributed by atoms with E-state index in [9.17, 15) is 4.79 Å². The van der Waals surface area contributed by atoms with Crippen molar-refractivity contribution in [2.45, 2.75) is 31.9 Å². The van der Waals surface area contributed by atoms with E-state index in [0.29, 0.717) is 11.5 Å². The molecule has 1 aliphatic rings. The van der Waals surface area contributed by atoms with Crippen LogP contribution >= 0.6 is 0 Å². The molecule has 3 heterocycles. The molecular weight excluding hydrogens is 234 g/mol. The standard InChI is InChI=1S/C11H15N5O2/c1-7-11(2,3-4-18-7)13-8-5-9-14-15-10(17)16(9)6-12-8/h5-7,13H,3-4H2,1-2H3,(H,15,17). The van der Waals surface area contributed by atoms with Gasteiger partial charge in [0, 0.05) is 12.7 Å². The lowest BCUT2D eigenvalue weighted by molar-refractivity contribution is 0.105. The van der Waals surface area contributed by atoms with Gasteiger partial charge < -0.3 is 10.1 Å². The molecule has 1 fully saturated rings. The zero-order valence-electron chi connectivity index (χ0n) is 10.3. The fourth-order valence-corrected chi connectivity index (χ4v) is 2.17. The third kappa shape index (κ3) is 1.67. The lowest BCUT2D eigenvalue weighted by Crippen LogP contribution is -2.41. The van der Waals surface area contributed by atoms with Gasteiger partial charge in [0.15, 0.2) is 5.65 Å². The summed E-state index contributed by atoms with van der Waals surface area (Å²) >= 11 is 0. The number of fused-ring (bicyclic) bond motifs is 1. The van der Waals surface area contributed by atoms with Gasteiger partial charge in [0.05, 0.1) is 11.6 Å². The van der Waals surface area contributed by atoms with E-state index < -0.39 is 0 Å². The summed E-state index contributed by atoms with van der Waals surface area (Å²) in [4.78, 5) is 15.5. The number of aromatic nitrogens is 4. The number of H-pyrrole nitrogens is 1. The average Bonchev–Trinajstić information content (AvgIpc) is 2.85. The number of anilines is 1. The van der Waals surface area contributed by atoms with Crippen LogP contribution in [0.4, 0.5) is 5.82 Å². The quantitative estimate of drug-likeness (QED) is 0.804. The van der Waals surface area contributed by atoms with Crippen LogP contribution in [0.25, 0.3) is 5.65 Å². The molecule has 0 saturated carbocycles. The van der Waals surface area contributed by atoms with Crippen LogP contribution in [0.15, 0.2) is 17.2 Å². The summed E-state index contributed by atoms with van der Waals surface area (Å²) < 4.78 is 6.93. The number of hydrogen-bond acceptors (Lipinski definition) is 5. The molecule has 2 N–H and O–H groups in total. The lowest BCUT2D eigenvalue weighted by atomic mass is 9.95. The van der Waals surface area contributed by atoms with Crippen LogP contribution in [0, 0.1) is 0 Å². The molecule has 18 heavy (non-hydrogen) atoms. The SMILES string of the molecule is CC1OCCC1(C)Nc1cc2n[nH]c(=O)n2cn1. The number of rotatable bonds is 2. The van der Waals surface area contributed by atoms with E-state index in [4.69, 9.17) is 4.74 Å². The van der Waals surface area contributed by atoms with Gasteiger partial charge in [0.1, 0.15) is 12.1 Å². The molecule has 2 aromatic heterocycles. The molecule has 7 nitrogen and oxygen atoms in total. The molecule has 7 heteroatoms. The van der Waals surface area contributed by atoms with E-state index in [2.05, 4.69) is 27.4 Å². The maximum absolute atomic E-state index is 11.3. The molecular formula is C11H15N5O2. The van der Waals surface area contributed by atoms with Crippen molar-refractivity contribution < 1.29 is 4.74 Å². The summed E-state index contributed by atoms with van der Waals surface area (Å²) in [5.74, 6) is 0.696. The van der Waals surface area contributed by atoms with E-state index in [1.54, 1.807) is 6.07 Å². The third-order valence-electron chi connectivity index (χ3n) is 3.61. The number of aromatic amines is 1. The summed E-state index contributed by atoms with van der Waals surface area (Å²) in [5.41, 5.74) is 0.127. The highest BCUT2D eigenvalue weighted by Crippen LogP contribution is 2.28. The highest BCUT2D eigenvalue weighted by molar-refractivity contribution is 5.49. The Kier molecular flexibility index (Phi) is 2.37. The van der Waals surface area contributed by atoms with Gasteiger partial charge in [-0.1, -0.05) is 0 Å². The third-order valence-corrected chi connectivity index (χ3v) is 3.61. The van der Waals surface area contributed by atoms with Crippen LogP contribution in [-0.2, 0) is 4.74 Å². The van der Waals surface area contributed by atoms with Crippen molar-refractivity contribution in [3.05, 3.63) is 22.9 Å². The lowest BCUT2D eigenvalue weighted by Gasteiger charge is -2.29. The monoisotopic (exact) mass is 249 g/mol. The molecule has 3 rings (SSSR count). The number of ether oxygens (including phenoxy) is 1.